The van der Waals surface area contributed by atoms with Gasteiger partial charge in [-0.3, -0.25) is 5.32 Å². The van der Waals surface area contributed by atoms with Crippen LogP contribution in [0.15, 0.2) is 4.99 Å². The zero-order chi connectivity index (χ0) is 16.5. The van der Waals surface area contributed by atoms with Crippen molar-refractivity contribution in [3.05, 3.63) is 0 Å². The van der Waals surface area contributed by atoms with Gasteiger partial charge in [-0.15, -0.1) is 0 Å². The first-order valence-corrected chi connectivity index (χ1v) is 9.17. The third kappa shape index (κ3) is 7.15. The molecule has 0 saturated heterocycles. The number of hydrogen-bond acceptors (Lipinski definition) is 3. The number of nitrogens with one attached hydrogen (secondary N) is 3. The number of rotatable bonds is 3. The molecule has 0 unspecified atom stereocenters. The Morgan fingerprint density at radius 2 is 1.86 bits per heavy atom. The van der Waals surface area contributed by atoms with Gasteiger partial charge >= 0.3 is 12.1 Å². The number of amidine groups is 1. The quantitative estimate of drug-likeness (QED) is 0.550. The molecule has 1 aliphatic carbocycles. The summed E-state index contributed by atoms with van der Waals surface area (Å²) in [4.78, 5) is 27.5. The lowest BCUT2D eigenvalue weighted by molar-refractivity contribution is 0.234. The van der Waals surface area contributed by atoms with E-state index in [1.807, 2.05) is 13.8 Å². The van der Waals surface area contributed by atoms with Crippen molar-refractivity contribution in [2.24, 2.45) is 10.9 Å². The van der Waals surface area contributed by atoms with Crippen molar-refractivity contribution < 1.29 is 9.59 Å². The van der Waals surface area contributed by atoms with E-state index in [1.165, 1.54) is 18.2 Å². The smallest absolute Gasteiger partial charge is 0.336 e. The van der Waals surface area contributed by atoms with Crippen LogP contribution in [0, 0.1) is 5.92 Å². The fourth-order valence-electron chi connectivity index (χ4n) is 2.53. The van der Waals surface area contributed by atoms with Gasteiger partial charge in [0.1, 0.15) is 0 Å². The summed E-state index contributed by atoms with van der Waals surface area (Å²) in [6.07, 6.45) is 7.33. The van der Waals surface area contributed by atoms with Crippen LogP contribution < -0.4 is 16.0 Å². The van der Waals surface area contributed by atoms with Gasteiger partial charge in [0, 0.05) is 12.1 Å². The van der Waals surface area contributed by atoms with Crippen molar-refractivity contribution in [2.45, 2.75) is 65.0 Å². The minimum absolute atomic E-state index is 0.0330. The number of urea groups is 2. The van der Waals surface area contributed by atoms with Crippen molar-refractivity contribution in [2.75, 3.05) is 6.26 Å². The van der Waals surface area contributed by atoms with Crippen LogP contribution in [0.4, 0.5) is 9.59 Å². The number of carbonyl (C=O) groups excluding carboxylic acids is 2. The molecule has 4 amide bonds. The lowest BCUT2D eigenvalue weighted by Gasteiger charge is -2.27. The molecule has 1 fully saturated rings. The number of amides is 4. The number of aliphatic imine (C=N–C) groups is 1. The number of hydrogen-bond donors (Lipinski definition) is 3. The average Bonchev–Trinajstić information content (AvgIpc) is 2.46. The first-order valence-electron chi connectivity index (χ1n) is 7.95. The van der Waals surface area contributed by atoms with Crippen molar-refractivity contribution >= 4 is 29.0 Å². The molecule has 1 aliphatic rings. The maximum absolute atomic E-state index is 12.0. The Morgan fingerprint density at radius 1 is 1.23 bits per heavy atom. The molecular formula is C15H28N4O2S. The topological polar surface area (TPSA) is 82.6 Å². The molecule has 3 N–H and O–H groups in total. The summed E-state index contributed by atoms with van der Waals surface area (Å²) in [7, 11) is 0. The molecule has 6 nitrogen and oxygen atoms in total. The Labute approximate surface area is 137 Å². The third-order valence-corrected chi connectivity index (χ3v) is 4.37. The van der Waals surface area contributed by atoms with Gasteiger partial charge in [-0.2, -0.15) is 4.99 Å². The van der Waals surface area contributed by atoms with E-state index in [1.54, 1.807) is 6.26 Å². The molecule has 1 rings (SSSR count). The molecule has 0 spiro atoms. The molecule has 0 aromatic heterocycles. The fourth-order valence-corrected chi connectivity index (χ4v) is 2.90. The van der Waals surface area contributed by atoms with Gasteiger partial charge in [0.2, 0.25) is 0 Å². The fraction of sp³-hybridized carbons (Fsp3) is 0.800. The average molecular weight is 328 g/mol. The first-order chi connectivity index (χ1) is 10.4. The summed E-state index contributed by atoms with van der Waals surface area (Å²) in [5.41, 5.74) is 0. The van der Waals surface area contributed by atoms with Crippen LogP contribution in [0.3, 0.4) is 0 Å². The van der Waals surface area contributed by atoms with Crippen LogP contribution >= 0.6 is 11.8 Å². The summed E-state index contributed by atoms with van der Waals surface area (Å²) in [5.74, 6) is 0.791. The Morgan fingerprint density at radius 3 is 2.36 bits per heavy atom. The lowest BCUT2D eigenvalue weighted by Crippen LogP contribution is -2.42. The molecule has 0 radical (unpaired) electrons. The Balaban J connectivity index is 2.44. The maximum atomic E-state index is 12.0. The van der Waals surface area contributed by atoms with Crippen LogP contribution in [0.25, 0.3) is 0 Å². The molecule has 7 heteroatoms. The van der Waals surface area contributed by atoms with Gasteiger partial charge in [-0.1, -0.05) is 25.1 Å². The number of nitrogens with zero attached hydrogens (tertiary/aromatic N) is 1. The normalized spacial score (nSPS) is 22.3. The van der Waals surface area contributed by atoms with E-state index in [0.29, 0.717) is 5.17 Å². The van der Waals surface area contributed by atoms with E-state index in [9.17, 15) is 9.59 Å². The Hall–Kier alpha value is -1.24. The summed E-state index contributed by atoms with van der Waals surface area (Å²) < 4.78 is 0. The van der Waals surface area contributed by atoms with Crippen LogP contribution in [-0.4, -0.2) is 35.6 Å². The molecule has 22 heavy (non-hydrogen) atoms. The molecule has 0 atom stereocenters. The molecule has 0 aromatic carbocycles. The molecule has 0 aliphatic heterocycles. The zero-order valence-corrected chi connectivity index (χ0v) is 14.8. The van der Waals surface area contributed by atoms with E-state index in [4.69, 9.17) is 0 Å². The predicted octanol–water partition coefficient (Wildman–Crippen LogP) is 3.09. The SMILES string of the molecule is CCC1CCC(NC(=O)N=C(NC(=O)NC(C)C)SC)CC1. The van der Waals surface area contributed by atoms with Gasteiger partial charge in [0.15, 0.2) is 5.17 Å². The van der Waals surface area contributed by atoms with Gasteiger partial charge in [-0.05, 0) is 51.7 Å². The van der Waals surface area contributed by atoms with Crippen LogP contribution in [0.1, 0.15) is 52.9 Å². The highest BCUT2D eigenvalue weighted by atomic mass is 32.2. The molecule has 1 saturated carbocycles. The highest BCUT2D eigenvalue weighted by molar-refractivity contribution is 8.13. The van der Waals surface area contributed by atoms with E-state index < -0.39 is 0 Å². The summed E-state index contributed by atoms with van der Waals surface area (Å²) >= 11 is 1.24. The molecule has 0 heterocycles. The second-order valence-electron chi connectivity index (χ2n) is 5.95. The van der Waals surface area contributed by atoms with E-state index >= 15 is 0 Å². The van der Waals surface area contributed by atoms with Gasteiger partial charge in [0.25, 0.3) is 0 Å². The van der Waals surface area contributed by atoms with Crippen molar-refractivity contribution in [1.29, 1.82) is 0 Å². The molecular weight excluding hydrogens is 300 g/mol. The molecule has 126 valence electrons. The molecule has 0 bridgehead atoms. The van der Waals surface area contributed by atoms with E-state index in [0.717, 1.165) is 31.6 Å². The number of carbonyl (C=O) groups is 2. The lowest BCUT2D eigenvalue weighted by atomic mass is 9.85. The Kier molecular flexibility index (Phi) is 8.30. The summed E-state index contributed by atoms with van der Waals surface area (Å²) in [6.45, 7) is 5.95. The minimum atomic E-state index is -0.380. The third-order valence-electron chi connectivity index (χ3n) is 3.79. The van der Waals surface area contributed by atoms with Crippen molar-refractivity contribution in [3.63, 3.8) is 0 Å². The standard InChI is InChI=1S/C15H28N4O2S/c1-5-11-6-8-12(9-7-11)17-14(21)19-15(22-4)18-13(20)16-10(2)3/h10-12H,5-9H2,1-4H3,(H3,16,17,18,19,20,21). The second-order valence-corrected chi connectivity index (χ2v) is 6.74. The first kappa shape index (κ1) is 18.8. The monoisotopic (exact) mass is 328 g/mol. The summed E-state index contributed by atoms with van der Waals surface area (Å²) in [5, 5.41) is 8.52. The summed E-state index contributed by atoms with van der Waals surface area (Å²) in [6, 6.07) is -0.495. The van der Waals surface area contributed by atoms with Crippen molar-refractivity contribution in [3.8, 4) is 0 Å². The zero-order valence-electron chi connectivity index (χ0n) is 13.9. The van der Waals surface area contributed by atoms with Crippen LogP contribution in [0.5, 0.6) is 0 Å². The Bertz CT molecular complexity index is 404. The predicted molar refractivity (Wildman–Crippen MR) is 92.3 cm³/mol. The largest absolute Gasteiger partial charge is 0.343 e. The number of thioether (sulfide) groups is 1. The van der Waals surface area contributed by atoms with Gasteiger partial charge in [-0.25, -0.2) is 9.59 Å². The van der Waals surface area contributed by atoms with Crippen LogP contribution in [-0.2, 0) is 0 Å². The van der Waals surface area contributed by atoms with E-state index in [-0.39, 0.29) is 24.1 Å². The molecule has 0 aromatic rings. The highest BCUT2D eigenvalue weighted by Crippen LogP contribution is 2.26. The van der Waals surface area contributed by atoms with Crippen molar-refractivity contribution in [1.82, 2.24) is 16.0 Å². The van der Waals surface area contributed by atoms with Gasteiger partial charge < -0.3 is 10.6 Å². The van der Waals surface area contributed by atoms with Gasteiger partial charge in [0.05, 0.1) is 0 Å². The second kappa shape index (κ2) is 9.71. The van der Waals surface area contributed by atoms with E-state index in [2.05, 4.69) is 27.9 Å². The van der Waals surface area contributed by atoms with Crippen LogP contribution in [0.2, 0.25) is 0 Å². The minimum Gasteiger partial charge on any atom is -0.336 e. The maximum Gasteiger partial charge on any atom is 0.343 e. The highest BCUT2D eigenvalue weighted by Gasteiger charge is 2.21.